The van der Waals surface area contributed by atoms with Crippen LogP contribution in [-0.2, 0) is 14.8 Å². The van der Waals surface area contributed by atoms with Crippen LogP contribution in [0.3, 0.4) is 0 Å². The molecule has 20 heavy (non-hydrogen) atoms. The van der Waals surface area contributed by atoms with E-state index >= 15 is 0 Å². The number of nitrogens with zero attached hydrogens (tertiary/aromatic N) is 1. The van der Waals surface area contributed by atoms with Gasteiger partial charge in [0.1, 0.15) is 10.9 Å². The molecular formula is C11H13ClN2O5S. The number of sulfonamides is 1. The molecule has 110 valence electrons. The van der Waals surface area contributed by atoms with Crippen LogP contribution in [0.4, 0.5) is 5.69 Å². The molecule has 0 aromatic heterocycles. The standard InChI is InChI=1S/C11H13ClN2O5S/c12-6-3-4-7(13)9(15)10(6)20(18,19)14-5-1-2-8(14)11(16)17/h3-4,8,15H,1-2,5,13H2,(H,16,17)/t8-/m0/s1. The van der Waals surface area contributed by atoms with Crippen molar-refractivity contribution in [2.75, 3.05) is 12.3 Å². The zero-order chi connectivity index (χ0) is 15.1. The zero-order valence-electron chi connectivity index (χ0n) is 10.3. The fraction of sp³-hybridized carbons (Fsp3) is 0.364. The molecule has 1 atom stereocenters. The lowest BCUT2D eigenvalue weighted by Crippen LogP contribution is -2.40. The summed E-state index contributed by atoms with van der Waals surface area (Å²) in [6, 6.07) is 1.36. The second kappa shape index (κ2) is 5.12. The fourth-order valence-corrected chi connectivity index (χ4v) is 4.46. The van der Waals surface area contributed by atoms with Crippen molar-refractivity contribution in [3.63, 3.8) is 0 Å². The number of hydrogen-bond donors (Lipinski definition) is 3. The molecule has 7 nitrogen and oxygen atoms in total. The summed E-state index contributed by atoms with van der Waals surface area (Å²) in [5.41, 5.74) is 5.33. The van der Waals surface area contributed by atoms with Crippen LogP contribution in [0.25, 0.3) is 0 Å². The molecule has 0 aliphatic carbocycles. The van der Waals surface area contributed by atoms with Crippen molar-refractivity contribution in [1.29, 1.82) is 0 Å². The number of hydrogen-bond acceptors (Lipinski definition) is 5. The highest BCUT2D eigenvalue weighted by Gasteiger charge is 2.41. The maximum atomic E-state index is 12.5. The predicted molar refractivity (Wildman–Crippen MR) is 72.1 cm³/mol. The summed E-state index contributed by atoms with van der Waals surface area (Å²) >= 11 is 5.82. The molecule has 1 aromatic rings. The lowest BCUT2D eigenvalue weighted by molar-refractivity contribution is -0.140. The third kappa shape index (κ3) is 2.30. The first-order valence-electron chi connectivity index (χ1n) is 5.78. The second-order valence-electron chi connectivity index (χ2n) is 4.43. The third-order valence-electron chi connectivity index (χ3n) is 3.17. The quantitative estimate of drug-likeness (QED) is 0.561. The SMILES string of the molecule is Nc1ccc(Cl)c(S(=O)(=O)N2CCC[C@H]2C(=O)O)c1O. The Balaban J connectivity index is 2.57. The van der Waals surface area contributed by atoms with Gasteiger partial charge in [-0.15, -0.1) is 0 Å². The molecule has 0 spiro atoms. The molecule has 1 fully saturated rings. The van der Waals surface area contributed by atoms with Gasteiger partial charge >= 0.3 is 5.97 Å². The monoisotopic (exact) mass is 320 g/mol. The number of phenols is 1. The van der Waals surface area contributed by atoms with E-state index in [1.807, 2.05) is 0 Å². The number of aromatic hydroxyl groups is 1. The summed E-state index contributed by atoms with van der Waals surface area (Å²) in [4.78, 5) is 10.6. The number of benzene rings is 1. The minimum Gasteiger partial charge on any atom is -0.504 e. The van der Waals surface area contributed by atoms with Gasteiger partial charge in [-0.05, 0) is 25.0 Å². The van der Waals surface area contributed by atoms with E-state index in [1.54, 1.807) is 0 Å². The average molecular weight is 321 g/mol. The largest absolute Gasteiger partial charge is 0.504 e. The smallest absolute Gasteiger partial charge is 0.322 e. The Bertz CT molecular complexity index is 661. The molecule has 2 rings (SSSR count). The first-order valence-corrected chi connectivity index (χ1v) is 7.60. The lowest BCUT2D eigenvalue weighted by atomic mass is 10.2. The lowest BCUT2D eigenvalue weighted by Gasteiger charge is -2.22. The third-order valence-corrected chi connectivity index (χ3v) is 5.58. The van der Waals surface area contributed by atoms with Crippen LogP contribution in [0, 0.1) is 0 Å². The van der Waals surface area contributed by atoms with Gasteiger partial charge in [0.25, 0.3) is 0 Å². The number of anilines is 1. The summed E-state index contributed by atoms with van der Waals surface area (Å²) in [5.74, 6) is -1.89. The Morgan fingerprint density at radius 3 is 2.70 bits per heavy atom. The van der Waals surface area contributed by atoms with Gasteiger partial charge in [0, 0.05) is 6.54 Å². The van der Waals surface area contributed by atoms with Crippen LogP contribution >= 0.6 is 11.6 Å². The number of halogens is 1. The van der Waals surface area contributed by atoms with Gasteiger partial charge < -0.3 is 15.9 Å². The van der Waals surface area contributed by atoms with Crippen molar-refractivity contribution in [3.8, 4) is 5.75 Å². The maximum absolute atomic E-state index is 12.5. The van der Waals surface area contributed by atoms with Gasteiger partial charge in [0.15, 0.2) is 5.75 Å². The first-order chi connectivity index (χ1) is 9.26. The van der Waals surface area contributed by atoms with Crippen LogP contribution in [0.2, 0.25) is 5.02 Å². The van der Waals surface area contributed by atoms with E-state index in [-0.39, 0.29) is 23.7 Å². The van der Waals surface area contributed by atoms with E-state index in [0.29, 0.717) is 6.42 Å². The first kappa shape index (κ1) is 14.9. The number of rotatable bonds is 3. The summed E-state index contributed by atoms with van der Waals surface area (Å²) in [7, 11) is -4.23. The normalized spacial score (nSPS) is 20.1. The van der Waals surface area contributed by atoms with E-state index < -0.39 is 32.7 Å². The zero-order valence-corrected chi connectivity index (χ0v) is 11.9. The van der Waals surface area contributed by atoms with Gasteiger partial charge in [-0.3, -0.25) is 4.79 Å². The molecule has 0 bridgehead atoms. The van der Waals surface area contributed by atoms with Gasteiger partial charge in [0.2, 0.25) is 10.0 Å². The van der Waals surface area contributed by atoms with E-state index in [0.717, 1.165) is 4.31 Å². The molecule has 1 aliphatic rings. The molecule has 0 unspecified atom stereocenters. The molecule has 1 heterocycles. The maximum Gasteiger partial charge on any atom is 0.322 e. The molecule has 0 saturated carbocycles. The van der Waals surface area contributed by atoms with E-state index in [1.165, 1.54) is 12.1 Å². The number of carboxylic acid groups (broad SMARTS) is 1. The molecule has 1 aromatic carbocycles. The van der Waals surface area contributed by atoms with Crippen molar-refractivity contribution in [2.45, 2.75) is 23.8 Å². The molecule has 9 heteroatoms. The van der Waals surface area contributed by atoms with Crippen molar-refractivity contribution >= 4 is 33.3 Å². The second-order valence-corrected chi connectivity index (χ2v) is 6.66. The summed E-state index contributed by atoms with van der Waals surface area (Å²) in [6.45, 7) is 0.0594. The van der Waals surface area contributed by atoms with E-state index in [4.69, 9.17) is 22.4 Å². The fourth-order valence-electron chi connectivity index (χ4n) is 2.20. The Labute approximate surface area is 120 Å². The molecule has 0 amide bonds. The number of nitrogens with two attached hydrogens (primary N) is 1. The highest BCUT2D eigenvalue weighted by Crippen LogP contribution is 2.38. The number of carbonyl (C=O) groups is 1. The number of aliphatic carboxylic acids is 1. The summed E-state index contributed by atoms with van der Waals surface area (Å²) in [6.07, 6.45) is 0.645. The van der Waals surface area contributed by atoms with Crippen molar-refractivity contribution in [3.05, 3.63) is 17.2 Å². The Morgan fingerprint density at radius 2 is 2.10 bits per heavy atom. The van der Waals surface area contributed by atoms with Crippen LogP contribution < -0.4 is 5.73 Å². The summed E-state index contributed by atoms with van der Waals surface area (Å²) in [5, 5.41) is 18.7. The minimum absolute atomic E-state index is 0.0594. The molecule has 1 saturated heterocycles. The van der Waals surface area contributed by atoms with Gasteiger partial charge in [-0.1, -0.05) is 11.6 Å². The van der Waals surface area contributed by atoms with Crippen molar-refractivity contribution in [1.82, 2.24) is 4.31 Å². The van der Waals surface area contributed by atoms with Crippen molar-refractivity contribution < 1.29 is 23.4 Å². The molecular weight excluding hydrogens is 308 g/mol. The highest BCUT2D eigenvalue weighted by atomic mass is 35.5. The topological polar surface area (TPSA) is 121 Å². The molecule has 4 N–H and O–H groups in total. The summed E-state index contributed by atoms with van der Waals surface area (Å²) < 4.78 is 25.8. The highest BCUT2D eigenvalue weighted by molar-refractivity contribution is 7.89. The average Bonchev–Trinajstić information content (AvgIpc) is 2.84. The molecule has 1 aliphatic heterocycles. The number of phenolic OH excluding ortho intramolecular Hbond substituents is 1. The number of carboxylic acids is 1. The molecule has 0 radical (unpaired) electrons. The Morgan fingerprint density at radius 1 is 1.45 bits per heavy atom. The van der Waals surface area contributed by atoms with Gasteiger partial charge in [0.05, 0.1) is 10.7 Å². The van der Waals surface area contributed by atoms with Crippen LogP contribution in [0.5, 0.6) is 5.75 Å². The minimum atomic E-state index is -4.23. The predicted octanol–water partition coefficient (Wildman–Crippen LogP) is 0.866. The van der Waals surface area contributed by atoms with Crippen molar-refractivity contribution in [2.24, 2.45) is 0 Å². The van der Waals surface area contributed by atoms with Crippen LogP contribution in [0.15, 0.2) is 17.0 Å². The van der Waals surface area contributed by atoms with Gasteiger partial charge in [-0.2, -0.15) is 4.31 Å². The number of nitrogen functional groups attached to an aromatic ring is 1. The van der Waals surface area contributed by atoms with Crippen LogP contribution in [0.1, 0.15) is 12.8 Å². The van der Waals surface area contributed by atoms with Crippen LogP contribution in [-0.4, -0.2) is 41.5 Å². The Kier molecular flexibility index (Phi) is 3.81. The van der Waals surface area contributed by atoms with E-state index in [2.05, 4.69) is 0 Å². The Hall–Kier alpha value is -1.51. The van der Waals surface area contributed by atoms with Gasteiger partial charge in [-0.25, -0.2) is 8.42 Å². The van der Waals surface area contributed by atoms with E-state index in [9.17, 15) is 18.3 Å².